The van der Waals surface area contributed by atoms with Crippen LogP contribution in [-0.4, -0.2) is 0 Å². The van der Waals surface area contributed by atoms with Gasteiger partial charge in [0.15, 0.2) is 14.3 Å². The van der Waals surface area contributed by atoms with Gasteiger partial charge in [0.05, 0.1) is 10.8 Å². The van der Waals surface area contributed by atoms with E-state index in [2.05, 4.69) is 80.6 Å². The third-order valence-electron chi connectivity index (χ3n) is 6.82. The molecule has 0 saturated heterocycles. The van der Waals surface area contributed by atoms with Crippen LogP contribution in [0.15, 0.2) is 83.7 Å². The number of fused-ring (bicyclic) bond motifs is 5. The normalized spacial score (nSPS) is 14.7. The summed E-state index contributed by atoms with van der Waals surface area (Å²) < 4.78 is 61.6. The molecule has 1 heterocycles. The summed E-state index contributed by atoms with van der Waals surface area (Å²) in [6.45, 7) is 4.38. The zero-order valence-corrected chi connectivity index (χ0v) is 22.9. The van der Waals surface area contributed by atoms with E-state index in [4.69, 9.17) is 0 Å². The Balaban J connectivity index is 0.000000392. The van der Waals surface area contributed by atoms with E-state index >= 15 is 0 Å². The Morgan fingerprint density at radius 1 is 0.718 bits per heavy atom. The molecule has 0 spiro atoms. The van der Waals surface area contributed by atoms with Gasteiger partial charge in [0, 0.05) is 22.1 Å². The van der Waals surface area contributed by atoms with Gasteiger partial charge in [-0.2, -0.15) is 0 Å². The van der Waals surface area contributed by atoms with Crippen LogP contribution in [0.5, 0.6) is 0 Å². The molecule has 0 bridgehead atoms. The van der Waals surface area contributed by atoms with Crippen molar-refractivity contribution in [2.45, 2.75) is 33.1 Å². The van der Waals surface area contributed by atoms with Gasteiger partial charge in [-0.3, -0.25) is 4.79 Å². The molecule has 4 aromatic carbocycles. The summed E-state index contributed by atoms with van der Waals surface area (Å²) in [5.41, 5.74) is 8.26. The van der Waals surface area contributed by atoms with Crippen LogP contribution in [0, 0.1) is 0 Å². The average molecular weight is 579 g/mol. The van der Waals surface area contributed by atoms with E-state index in [0.29, 0.717) is 0 Å². The van der Waals surface area contributed by atoms with E-state index in [1.54, 1.807) is 0 Å². The molecular formula is C30H25F6OPS. The summed E-state index contributed by atoms with van der Waals surface area (Å²) in [4.78, 5) is 14.9. The summed E-state index contributed by atoms with van der Waals surface area (Å²) in [7, 11) is -10.9. The second kappa shape index (κ2) is 8.90. The van der Waals surface area contributed by atoms with Gasteiger partial charge >= 0.3 is 33.0 Å². The number of benzene rings is 4. The first kappa shape index (κ1) is 27.4. The Morgan fingerprint density at radius 3 is 2.05 bits per heavy atom. The quantitative estimate of drug-likeness (QED) is 0.0884. The summed E-state index contributed by atoms with van der Waals surface area (Å²) in [6.07, 6.45) is 2.87. The molecule has 6 rings (SSSR count). The Bertz CT molecular complexity index is 1810. The van der Waals surface area contributed by atoms with E-state index in [1.165, 1.54) is 47.7 Å². The molecule has 0 N–H and O–H groups in total. The van der Waals surface area contributed by atoms with E-state index < -0.39 is 7.81 Å². The number of hydrogen-bond acceptors (Lipinski definition) is 1. The van der Waals surface area contributed by atoms with Crippen molar-refractivity contribution in [3.8, 4) is 16.0 Å². The SMILES string of the molecule is CCc1cc(CC)c2c(c1)c(=O)c1ccccc1[s+]2-c1ccc2c(c1)Cc1ccccc1-2.F[P-](F)(F)(F)(F)F. The molecule has 1 aliphatic carbocycles. The van der Waals surface area contributed by atoms with Crippen molar-refractivity contribution in [1.82, 2.24) is 0 Å². The van der Waals surface area contributed by atoms with Gasteiger partial charge in [-0.1, -0.05) is 56.3 Å². The van der Waals surface area contributed by atoms with E-state index in [9.17, 15) is 30.0 Å². The number of rotatable bonds is 3. The van der Waals surface area contributed by atoms with Crippen LogP contribution in [0.25, 0.3) is 36.2 Å². The first-order chi connectivity index (χ1) is 18.1. The van der Waals surface area contributed by atoms with Crippen LogP contribution in [0.1, 0.15) is 36.1 Å². The van der Waals surface area contributed by atoms with Crippen molar-refractivity contribution in [2.24, 2.45) is 0 Å². The fraction of sp³-hybridized carbons (Fsp3) is 0.167. The van der Waals surface area contributed by atoms with Gasteiger partial charge < -0.3 is 0 Å². The van der Waals surface area contributed by atoms with Crippen LogP contribution in [0.2, 0.25) is 0 Å². The predicted octanol–water partition coefficient (Wildman–Crippen LogP) is 11.2. The van der Waals surface area contributed by atoms with Crippen LogP contribution in [-0.2, 0) is 19.3 Å². The molecular weight excluding hydrogens is 553 g/mol. The number of aryl methyl sites for hydroxylation is 2. The van der Waals surface area contributed by atoms with Gasteiger partial charge in [0.1, 0.15) is 0 Å². The van der Waals surface area contributed by atoms with Gasteiger partial charge in [-0.15, -0.1) is 0 Å². The second-order valence-corrected chi connectivity index (χ2v) is 13.4. The first-order valence-corrected chi connectivity index (χ1v) is 15.7. The molecule has 5 aromatic rings. The summed E-state index contributed by atoms with van der Waals surface area (Å²) >= 11 is 0. The topological polar surface area (TPSA) is 17.1 Å². The fourth-order valence-electron chi connectivity index (χ4n) is 5.21. The average Bonchev–Trinajstić information content (AvgIpc) is 3.24. The van der Waals surface area contributed by atoms with Crippen molar-refractivity contribution in [2.75, 3.05) is 0 Å². The summed E-state index contributed by atoms with van der Waals surface area (Å²) in [5.74, 6) is 0. The molecule has 1 aliphatic rings. The fourth-order valence-corrected chi connectivity index (χ4v) is 7.82. The second-order valence-electron chi connectivity index (χ2n) is 9.58. The van der Waals surface area contributed by atoms with Gasteiger partial charge in [0.25, 0.3) is 0 Å². The molecule has 1 nitrogen and oxygen atoms in total. The molecule has 0 aliphatic heterocycles. The van der Waals surface area contributed by atoms with Gasteiger partial charge in [-0.05, 0) is 77.4 Å². The Hall–Kier alpha value is -3.22. The molecule has 1 unspecified atom stereocenters. The van der Waals surface area contributed by atoms with E-state index in [1.807, 2.05) is 12.1 Å². The molecule has 204 valence electrons. The van der Waals surface area contributed by atoms with Crippen molar-refractivity contribution in [1.29, 1.82) is 0 Å². The van der Waals surface area contributed by atoms with Crippen LogP contribution in [0.3, 0.4) is 0 Å². The third-order valence-corrected chi connectivity index (χ3v) is 9.23. The van der Waals surface area contributed by atoms with E-state index in [0.717, 1.165) is 30.0 Å². The summed E-state index contributed by atoms with van der Waals surface area (Å²) in [5, 5.41) is 1.77. The van der Waals surface area contributed by atoms with Crippen LogP contribution in [0.4, 0.5) is 25.2 Å². The minimum absolute atomic E-state index is 0.179. The van der Waals surface area contributed by atoms with Crippen LogP contribution >= 0.6 is 18.3 Å². The predicted molar refractivity (Wildman–Crippen MR) is 152 cm³/mol. The molecule has 0 amide bonds. The van der Waals surface area contributed by atoms with Gasteiger partial charge in [0.2, 0.25) is 5.43 Å². The molecule has 1 aromatic heterocycles. The zero-order chi connectivity index (χ0) is 28.2. The molecule has 39 heavy (non-hydrogen) atoms. The summed E-state index contributed by atoms with van der Waals surface area (Å²) in [6, 6.07) is 28.4. The number of hydrogen-bond donors (Lipinski definition) is 0. The number of halogens is 6. The van der Waals surface area contributed by atoms with Crippen molar-refractivity contribution in [3.05, 3.63) is 111 Å². The maximum atomic E-state index is 13.6. The van der Waals surface area contributed by atoms with Crippen LogP contribution < -0.4 is 5.43 Å². The molecule has 9 heteroatoms. The molecule has 1 atom stereocenters. The van der Waals surface area contributed by atoms with Crippen molar-refractivity contribution in [3.63, 3.8) is 0 Å². The third kappa shape index (κ3) is 5.87. The zero-order valence-electron chi connectivity index (χ0n) is 21.2. The monoisotopic (exact) mass is 578 g/mol. The minimum atomic E-state index is -10.7. The Kier molecular flexibility index (Phi) is 6.24. The van der Waals surface area contributed by atoms with Gasteiger partial charge in [-0.25, -0.2) is 0 Å². The Morgan fingerprint density at radius 2 is 1.36 bits per heavy atom. The van der Waals surface area contributed by atoms with Crippen molar-refractivity contribution < 1.29 is 25.2 Å². The first-order valence-electron chi connectivity index (χ1n) is 12.5. The maximum absolute atomic E-state index is 13.6. The van der Waals surface area contributed by atoms with Crippen molar-refractivity contribution >= 4 is 38.5 Å². The van der Waals surface area contributed by atoms with E-state index in [-0.39, 0.29) is 15.9 Å². The molecule has 0 saturated carbocycles. The standard InChI is InChI=1S/C30H25OS.F6P/c1-3-19-15-20(4-2)30-27(16-19)29(31)26-11-7-8-12-28(26)32(30)23-13-14-25-22(18-23)17-21-9-5-6-10-24(21)25;1-7(2,3,4,5)6/h5-16,18H,3-4,17H2,1-2H3;/q+1;-1. The molecule has 0 radical (unpaired) electrons. The molecule has 0 fully saturated rings. The Labute approximate surface area is 223 Å².